The summed E-state index contributed by atoms with van der Waals surface area (Å²) in [6, 6.07) is 4.96. The lowest BCUT2D eigenvalue weighted by Gasteiger charge is -2.15. The van der Waals surface area contributed by atoms with Gasteiger partial charge in [-0.1, -0.05) is 0 Å². The van der Waals surface area contributed by atoms with Crippen molar-refractivity contribution in [2.75, 3.05) is 7.11 Å². The summed E-state index contributed by atoms with van der Waals surface area (Å²) in [7, 11) is 1.35. The zero-order chi connectivity index (χ0) is 11.4. The predicted octanol–water partition coefficient (Wildman–Crippen LogP) is 0.752. The van der Waals surface area contributed by atoms with Crippen LogP contribution in [0.4, 0.5) is 4.39 Å². The zero-order valence-electron chi connectivity index (χ0n) is 8.01. The van der Waals surface area contributed by atoms with E-state index in [1.807, 2.05) is 0 Å². The molecule has 2 N–H and O–H groups in total. The molecule has 1 rings (SSSR count). The van der Waals surface area contributed by atoms with Crippen LogP contribution in [0.3, 0.4) is 0 Å². The molecule has 0 aliphatic heterocycles. The molecule has 1 aromatic carbocycles. The Bertz CT molecular complexity index is 389. The van der Waals surface area contributed by atoms with Gasteiger partial charge in [0.1, 0.15) is 17.7 Å². The second kappa shape index (κ2) is 4.73. The van der Waals surface area contributed by atoms with E-state index >= 15 is 0 Å². The van der Waals surface area contributed by atoms with E-state index in [1.165, 1.54) is 19.2 Å². The van der Waals surface area contributed by atoms with E-state index in [-0.39, 0.29) is 11.3 Å². The number of hydrogen-bond donors (Lipinski definition) is 2. The summed E-state index contributed by atoms with van der Waals surface area (Å²) in [5.74, 6) is -0.354. The molecule has 0 radical (unpaired) electrons. The Hall–Kier alpha value is -1.64. The summed E-state index contributed by atoms with van der Waals surface area (Å²) >= 11 is 0. The maximum atomic E-state index is 12.9. The highest BCUT2D eigenvalue weighted by Gasteiger charge is 2.21. The van der Waals surface area contributed by atoms with Gasteiger partial charge < -0.3 is 14.9 Å². The molecule has 0 fully saturated rings. The molecule has 0 bridgehead atoms. The minimum Gasteiger partial charge on any atom is -0.496 e. The molecule has 0 saturated carbocycles. The molecule has 5 heteroatoms. The maximum Gasteiger partial charge on any atom is 0.170 e. The molecule has 0 aromatic heterocycles. The molecule has 2 unspecified atom stereocenters. The average Bonchev–Trinajstić information content (AvgIpc) is 2.27. The Morgan fingerprint density at radius 3 is 2.67 bits per heavy atom. The van der Waals surface area contributed by atoms with Crippen molar-refractivity contribution in [3.63, 3.8) is 0 Å². The van der Waals surface area contributed by atoms with Crippen molar-refractivity contribution < 1.29 is 19.3 Å². The molecule has 0 amide bonds. The summed E-state index contributed by atoms with van der Waals surface area (Å²) in [6.07, 6.45) is -3.10. The number of ether oxygens (including phenoxy) is 1. The first-order chi connectivity index (χ1) is 7.10. The van der Waals surface area contributed by atoms with E-state index in [4.69, 9.17) is 15.1 Å². The van der Waals surface area contributed by atoms with Crippen molar-refractivity contribution in [3.05, 3.63) is 29.6 Å². The number of rotatable bonds is 3. The van der Waals surface area contributed by atoms with E-state index in [0.717, 1.165) is 12.1 Å². The SMILES string of the molecule is COc1ccc(F)cc1C(O)C(O)C#N. The Labute approximate surface area is 86.2 Å². The minimum atomic E-state index is -1.61. The van der Waals surface area contributed by atoms with Crippen LogP contribution in [0.2, 0.25) is 0 Å². The summed E-state index contributed by atoms with van der Waals surface area (Å²) in [5, 5.41) is 27.0. The largest absolute Gasteiger partial charge is 0.496 e. The van der Waals surface area contributed by atoms with Crippen molar-refractivity contribution in [2.24, 2.45) is 0 Å². The summed E-state index contributed by atoms with van der Waals surface area (Å²) in [6.45, 7) is 0. The third-order valence-electron chi connectivity index (χ3n) is 1.94. The number of nitrogens with zero attached hydrogens (tertiary/aromatic N) is 1. The molecule has 4 nitrogen and oxygen atoms in total. The van der Waals surface area contributed by atoms with Crippen LogP contribution in [0.1, 0.15) is 11.7 Å². The van der Waals surface area contributed by atoms with E-state index < -0.39 is 18.0 Å². The van der Waals surface area contributed by atoms with Crippen LogP contribution in [-0.2, 0) is 0 Å². The van der Waals surface area contributed by atoms with Gasteiger partial charge in [0.05, 0.1) is 13.2 Å². The highest BCUT2D eigenvalue weighted by atomic mass is 19.1. The smallest absolute Gasteiger partial charge is 0.170 e. The fourth-order valence-electron chi connectivity index (χ4n) is 1.18. The minimum absolute atomic E-state index is 0.0477. The molecule has 0 aliphatic carbocycles. The number of nitriles is 1. The second-order valence-corrected chi connectivity index (χ2v) is 2.91. The summed E-state index contributed by atoms with van der Waals surface area (Å²) < 4.78 is 17.7. The molecule has 0 heterocycles. The van der Waals surface area contributed by atoms with Crippen molar-refractivity contribution in [3.8, 4) is 11.8 Å². The summed E-state index contributed by atoms with van der Waals surface area (Å²) in [4.78, 5) is 0. The average molecular weight is 211 g/mol. The standard InChI is InChI=1S/C10H10FNO3/c1-15-9-3-2-6(11)4-7(9)10(14)8(13)5-12/h2-4,8,10,13-14H,1H3. The Morgan fingerprint density at radius 1 is 1.47 bits per heavy atom. The summed E-state index contributed by atoms with van der Waals surface area (Å²) in [5.41, 5.74) is 0.0477. The van der Waals surface area contributed by atoms with Crippen LogP contribution in [-0.4, -0.2) is 23.4 Å². The van der Waals surface area contributed by atoms with Crippen molar-refractivity contribution >= 4 is 0 Å². The first-order valence-corrected chi connectivity index (χ1v) is 4.19. The molecule has 0 spiro atoms. The number of halogens is 1. The number of aliphatic hydroxyl groups excluding tert-OH is 2. The first-order valence-electron chi connectivity index (χ1n) is 4.19. The number of benzene rings is 1. The Kier molecular flexibility index (Phi) is 3.61. The number of aliphatic hydroxyl groups is 2. The highest BCUT2D eigenvalue weighted by molar-refractivity contribution is 5.36. The van der Waals surface area contributed by atoms with Gasteiger partial charge in [0.25, 0.3) is 0 Å². The lowest BCUT2D eigenvalue weighted by Crippen LogP contribution is -2.16. The van der Waals surface area contributed by atoms with Gasteiger partial charge in [0, 0.05) is 5.56 Å². The van der Waals surface area contributed by atoms with Crippen LogP contribution in [0, 0.1) is 17.1 Å². The fraction of sp³-hybridized carbons (Fsp3) is 0.300. The fourth-order valence-corrected chi connectivity index (χ4v) is 1.18. The van der Waals surface area contributed by atoms with Gasteiger partial charge in [-0.2, -0.15) is 5.26 Å². The third kappa shape index (κ3) is 2.43. The van der Waals surface area contributed by atoms with Gasteiger partial charge in [-0.3, -0.25) is 0 Å². The third-order valence-corrected chi connectivity index (χ3v) is 1.94. The van der Waals surface area contributed by atoms with Crippen molar-refractivity contribution in [1.82, 2.24) is 0 Å². The van der Waals surface area contributed by atoms with Crippen LogP contribution >= 0.6 is 0 Å². The molecule has 0 aliphatic rings. The van der Waals surface area contributed by atoms with Crippen LogP contribution in [0.25, 0.3) is 0 Å². The van der Waals surface area contributed by atoms with E-state index in [9.17, 15) is 9.50 Å². The van der Waals surface area contributed by atoms with Crippen LogP contribution < -0.4 is 4.74 Å². The monoisotopic (exact) mass is 211 g/mol. The zero-order valence-corrected chi connectivity index (χ0v) is 8.01. The van der Waals surface area contributed by atoms with Gasteiger partial charge >= 0.3 is 0 Å². The quantitative estimate of drug-likeness (QED) is 0.723. The van der Waals surface area contributed by atoms with Crippen LogP contribution in [0.15, 0.2) is 18.2 Å². The lowest BCUT2D eigenvalue weighted by molar-refractivity contribution is 0.0508. The normalized spacial score (nSPS) is 14.1. The van der Waals surface area contributed by atoms with Gasteiger partial charge in [0.15, 0.2) is 6.10 Å². The van der Waals surface area contributed by atoms with Gasteiger partial charge in [-0.15, -0.1) is 0 Å². The molecule has 2 atom stereocenters. The topological polar surface area (TPSA) is 73.5 Å². The van der Waals surface area contributed by atoms with E-state index in [2.05, 4.69) is 0 Å². The molecule has 80 valence electrons. The molecular weight excluding hydrogens is 201 g/mol. The number of hydrogen-bond acceptors (Lipinski definition) is 4. The van der Waals surface area contributed by atoms with Gasteiger partial charge in [-0.05, 0) is 18.2 Å². The maximum absolute atomic E-state index is 12.9. The molecule has 1 aromatic rings. The van der Waals surface area contributed by atoms with E-state index in [0.29, 0.717) is 0 Å². The predicted molar refractivity (Wildman–Crippen MR) is 49.5 cm³/mol. The van der Waals surface area contributed by atoms with E-state index in [1.54, 1.807) is 0 Å². The molecule has 0 saturated heterocycles. The lowest BCUT2D eigenvalue weighted by atomic mass is 10.0. The van der Waals surface area contributed by atoms with Crippen molar-refractivity contribution in [1.29, 1.82) is 5.26 Å². The second-order valence-electron chi connectivity index (χ2n) is 2.91. The highest BCUT2D eigenvalue weighted by Crippen LogP contribution is 2.27. The molecular formula is C10H10FNO3. The first kappa shape index (κ1) is 11.4. The Morgan fingerprint density at radius 2 is 2.13 bits per heavy atom. The van der Waals surface area contributed by atoms with Gasteiger partial charge in [-0.25, -0.2) is 4.39 Å². The van der Waals surface area contributed by atoms with Crippen molar-refractivity contribution in [2.45, 2.75) is 12.2 Å². The number of methoxy groups -OCH3 is 1. The Balaban J connectivity index is 3.12. The van der Waals surface area contributed by atoms with Crippen LogP contribution in [0.5, 0.6) is 5.75 Å². The molecule has 15 heavy (non-hydrogen) atoms. The van der Waals surface area contributed by atoms with Gasteiger partial charge in [0.2, 0.25) is 0 Å².